The Morgan fingerprint density at radius 1 is 1.40 bits per heavy atom. The standard InChI is InChI=1S/C11H11ClN2O/c1-8-6-11(15)14(13-8)7-9-2-4-10(12)5-3-9/h2-5H,6-7H2,1H3. The van der Waals surface area contributed by atoms with Crippen molar-refractivity contribution >= 4 is 23.2 Å². The van der Waals surface area contributed by atoms with E-state index in [4.69, 9.17) is 11.6 Å². The fourth-order valence-electron chi connectivity index (χ4n) is 1.49. The van der Waals surface area contributed by atoms with Crippen molar-refractivity contribution in [1.82, 2.24) is 5.01 Å². The number of hydrogen-bond acceptors (Lipinski definition) is 2. The Labute approximate surface area is 93.3 Å². The number of halogens is 1. The van der Waals surface area contributed by atoms with Gasteiger partial charge in [0.25, 0.3) is 0 Å². The van der Waals surface area contributed by atoms with Crippen LogP contribution in [-0.4, -0.2) is 16.6 Å². The molecule has 2 rings (SSSR count). The molecular weight excluding hydrogens is 212 g/mol. The highest BCUT2D eigenvalue weighted by Crippen LogP contribution is 2.15. The molecule has 0 saturated heterocycles. The number of amides is 1. The lowest BCUT2D eigenvalue weighted by atomic mass is 10.2. The lowest BCUT2D eigenvalue weighted by Gasteiger charge is -2.11. The summed E-state index contributed by atoms with van der Waals surface area (Å²) in [6.45, 7) is 2.38. The SMILES string of the molecule is CC1=NN(Cc2ccc(Cl)cc2)C(=O)C1. The van der Waals surface area contributed by atoms with Crippen molar-refractivity contribution in [3.63, 3.8) is 0 Å². The molecule has 0 saturated carbocycles. The summed E-state index contributed by atoms with van der Waals surface area (Å²) < 4.78 is 0. The number of carbonyl (C=O) groups is 1. The van der Waals surface area contributed by atoms with E-state index in [-0.39, 0.29) is 5.91 Å². The van der Waals surface area contributed by atoms with E-state index >= 15 is 0 Å². The second-order valence-corrected chi connectivity index (χ2v) is 4.03. The van der Waals surface area contributed by atoms with Gasteiger partial charge in [-0.15, -0.1) is 0 Å². The minimum absolute atomic E-state index is 0.0578. The molecule has 15 heavy (non-hydrogen) atoms. The smallest absolute Gasteiger partial charge is 0.248 e. The Hall–Kier alpha value is -1.35. The molecule has 0 bridgehead atoms. The van der Waals surface area contributed by atoms with Crippen LogP contribution in [-0.2, 0) is 11.3 Å². The average Bonchev–Trinajstić information content (AvgIpc) is 2.49. The fraction of sp³-hybridized carbons (Fsp3) is 0.273. The van der Waals surface area contributed by atoms with Crippen LogP contribution in [0.2, 0.25) is 5.02 Å². The van der Waals surface area contributed by atoms with Gasteiger partial charge in [0.05, 0.1) is 13.0 Å². The van der Waals surface area contributed by atoms with Gasteiger partial charge in [-0.1, -0.05) is 23.7 Å². The molecule has 0 fully saturated rings. The van der Waals surface area contributed by atoms with Crippen molar-refractivity contribution in [2.45, 2.75) is 19.9 Å². The largest absolute Gasteiger partial charge is 0.273 e. The van der Waals surface area contributed by atoms with Crippen LogP contribution in [0.1, 0.15) is 18.9 Å². The summed E-state index contributed by atoms with van der Waals surface area (Å²) in [7, 11) is 0. The van der Waals surface area contributed by atoms with E-state index in [1.807, 2.05) is 31.2 Å². The zero-order valence-electron chi connectivity index (χ0n) is 8.40. The second-order valence-electron chi connectivity index (χ2n) is 3.59. The van der Waals surface area contributed by atoms with Gasteiger partial charge in [0.15, 0.2) is 0 Å². The van der Waals surface area contributed by atoms with Crippen LogP contribution < -0.4 is 0 Å². The molecule has 1 aliphatic rings. The highest BCUT2D eigenvalue weighted by atomic mass is 35.5. The van der Waals surface area contributed by atoms with Crippen LogP contribution >= 0.6 is 11.6 Å². The fourth-order valence-corrected chi connectivity index (χ4v) is 1.62. The Kier molecular flexibility index (Phi) is 2.73. The Bertz CT molecular complexity index is 411. The topological polar surface area (TPSA) is 32.7 Å². The third-order valence-electron chi connectivity index (χ3n) is 2.23. The monoisotopic (exact) mass is 222 g/mol. The number of carbonyl (C=O) groups excluding carboxylic acids is 1. The van der Waals surface area contributed by atoms with Crippen molar-refractivity contribution < 1.29 is 4.79 Å². The third-order valence-corrected chi connectivity index (χ3v) is 2.48. The normalized spacial score (nSPS) is 15.7. The van der Waals surface area contributed by atoms with Crippen molar-refractivity contribution in [3.05, 3.63) is 34.9 Å². The van der Waals surface area contributed by atoms with E-state index in [0.29, 0.717) is 18.0 Å². The number of benzene rings is 1. The van der Waals surface area contributed by atoms with Gasteiger partial charge < -0.3 is 0 Å². The van der Waals surface area contributed by atoms with Crippen LogP contribution in [0, 0.1) is 0 Å². The molecule has 1 amide bonds. The summed E-state index contributed by atoms with van der Waals surface area (Å²) in [5, 5.41) is 6.35. The van der Waals surface area contributed by atoms with E-state index in [9.17, 15) is 4.79 Å². The number of hydrazone groups is 1. The van der Waals surface area contributed by atoms with Crippen LogP contribution in [0.15, 0.2) is 29.4 Å². The first-order valence-electron chi connectivity index (χ1n) is 4.74. The molecule has 0 N–H and O–H groups in total. The predicted octanol–water partition coefficient (Wildman–Crippen LogP) is 2.45. The van der Waals surface area contributed by atoms with Crippen molar-refractivity contribution in [1.29, 1.82) is 0 Å². The van der Waals surface area contributed by atoms with Gasteiger partial charge in [-0.3, -0.25) is 4.79 Å². The summed E-state index contributed by atoms with van der Waals surface area (Å²) in [4.78, 5) is 11.4. The van der Waals surface area contributed by atoms with Crippen LogP contribution in [0.3, 0.4) is 0 Å². The molecule has 0 aromatic heterocycles. The van der Waals surface area contributed by atoms with Crippen LogP contribution in [0.25, 0.3) is 0 Å². The maximum atomic E-state index is 11.4. The minimum atomic E-state index is 0.0578. The molecule has 0 spiro atoms. The Morgan fingerprint density at radius 2 is 2.07 bits per heavy atom. The molecule has 0 atom stereocenters. The van der Waals surface area contributed by atoms with Gasteiger partial charge in [-0.25, -0.2) is 5.01 Å². The molecule has 1 aromatic carbocycles. The van der Waals surface area contributed by atoms with Gasteiger partial charge in [0.1, 0.15) is 0 Å². The molecule has 0 unspecified atom stereocenters. The maximum Gasteiger partial charge on any atom is 0.248 e. The summed E-state index contributed by atoms with van der Waals surface area (Å²) in [5.74, 6) is 0.0578. The van der Waals surface area contributed by atoms with Crippen molar-refractivity contribution in [2.75, 3.05) is 0 Å². The second kappa shape index (κ2) is 4.03. The highest BCUT2D eigenvalue weighted by molar-refractivity contribution is 6.30. The van der Waals surface area contributed by atoms with E-state index in [1.54, 1.807) is 0 Å². The summed E-state index contributed by atoms with van der Waals surface area (Å²) >= 11 is 5.77. The Morgan fingerprint density at radius 3 is 2.60 bits per heavy atom. The van der Waals surface area contributed by atoms with Gasteiger partial charge in [-0.2, -0.15) is 5.10 Å². The lowest BCUT2D eigenvalue weighted by molar-refractivity contribution is -0.129. The highest BCUT2D eigenvalue weighted by Gasteiger charge is 2.20. The molecule has 1 aliphatic heterocycles. The maximum absolute atomic E-state index is 11.4. The van der Waals surface area contributed by atoms with Gasteiger partial charge in [0.2, 0.25) is 5.91 Å². The predicted molar refractivity (Wildman–Crippen MR) is 59.7 cm³/mol. The lowest BCUT2D eigenvalue weighted by Crippen LogP contribution is -2.19. The quantitative estimate of drug-likeness (QED) is 0.757. The molecule has 3 nitrogen and oxygen atoms in total. The molecule has 1 aromatic rings. The van der Waals surface area contributed by atoms with E-state index in [0.717, 1.165) is 11.3 Å². The summed E-state index contributed by atoms with van der Waals surface area (Å²) in [6.07, 6.45) is 0.438. The number of rotatable bonds is 2. The zero-order valence-corrected chi connectivity index (χ0v) is 9.16. The number of nitrogens with zero attached hydrogens (tertiary/aromatic N) is 2. The molecule has 78 valence electrons. The van der Waals surface area contributed by atoms with E-state index in [2.05, 4.69) is 5.10 Å². The van der Waals surface area contributed by atoms with Gasteiger partial charge in [-0.05, 0) is 24.6 Å². The van der Waals surface area contributed by atoms with Crippen LogP contribution in [0.4, 0.5) is 0 Å². The molecular formula is C11H11ClN2O. The third kappa shape index (κ3) is 2.36. The molecule has 4 heteroatoms. The van der Waals surface area contributed by atoms with Crippen LogP contribution in [0.5, 0.6) is 0 Å². The van der Waals surface area contributed by atoms with Crippen molar-refractivity contribution in [3.8, 4) is 0 Å². The van der Waals surface area contributed by atoms with E-state index in [1.165, 1.54) is 5.01 Å². The first-order chi connectivity index (χ1) is 7.15. The van der Waals surface area contributed by atoms with Gasteiger partial charge >= 0.3 is 0 Å². The first-order valence-corrected chi connectivity index (χ1v) is 5.12. The zero-order chi connectivity index (χ0) is 10.8. The number of hydrogen-bond donors (Lipinski definition) is 0. The van der Waals surface area contributed by atoms with Crippen molar-refractivity contribution in [2.24, 2.45) is 5.10 Å². The van der Waals surface area contributed by atoms with Gasteiger partial charge in [0, 0.05) is 10.7 Å². The average molecular weight is 223 g/mol. The first kappa shape index (κ1) is 10.2. The molecule has 0 aliphatic carbocycles. The summed E-state index contributed by atoms with van der Waals surface area (Å²) in [6, 6.07) is 7.43. The Balaban J connectivity index is 2.09. The minimum Gasteiger partial charge on any atom is -0.273 e. The van der Waals surface area contributed by atoms with E-state index < -0.39 is 0 Å². The molecule has 1 heterocycles. The summed E-state index contributed by atoms with van der Waals surface area (Å²) in [5.41, 5.74) is 1.90. The molecule has 0 radical (unpaired) electrons.